The first kappa shape index (κ1) is 19.9. The summed E-state index contributed by atoms with van der Waals surface area (Å²) >= 11 is -2.31. The molecule has 0 saturated carbocycles. The van der Waals surface area contributed by atoms with E-state index in [2.05, 4.69) is 10.0 Å². The third-order valence-electron chi connectivity index (χ3n) is 3.23. The van der Waals surface area contributed by atoms with Crippen LogP contribution < -0.4 is 20.5 Å². The highest BCUT2D eigenvalue weighted by atomic mass is 32.2. The Morgan fingerprint density at radius 3 is 2.67 bits per heavy atom. The smallest absolute Gasteiger partial charge is 0.259 e. The number of amides is 1. The van der Waals surface area contributed by atoms with Crippen molar-refractivity contribution in [1.82, 2.24) is 5.32 Å². The number of nitrogens with one attached hydrogen (secondary N) is 3. The van der Waals surface area contributed by atoms with E-state index in [9.17, 15) is 9.00 Å². The second kappa shape index (κ2) is 8.65. The minimum absolute atomic E-state index is 0.0640. The van der Waals surface area contributed by atoms with Gasteiger partial charge in [0.1, 0.15) is 18.2 Å². The second-order valence-corrected chi connectivity index (χ2v) is 6.57. The van der Waals surface area contributed by atoms with Crippen LogP contribution in [-0.2, 0) is 16.1 Å². The number of hydrogen-bond acceptors (Lipinski definition) is 4. The zero-order valence-corrected chi connectivity index (χ0v) is 14.8. The zero-order valence-electron chi connectivity index (χ0n) is 14.0. The summed E-state index contributed by atoms with van der Waals surface area (Å²) in [6.45, 7) is 6.11. The molecule has 0 heterocycles. The van der Waals surface area contributed by atoms with E-state index in [0.717, 1.165) is 6.42 Å². The van der Waals surface area contributed by atoms with Crippen LogP contribution in [0.3, 0.4) is 0 Å². The van der Waals surface area contributed by atoms with Crippen LogP contribution in [0.25, 0.3) is 0 Å². The van der Waals surface area contributed by atoms with Crippen molar-refractivity contribution < 1.29 is 18.3 Å². The highest BCUT2D eigenvalue weighted by Crippen LogP contribution is 2.28. The van der Waals surface area contributed by atoms with E-state index in [0.29, 0.717) is 6.54 Å². The first-order valence-corrected chi connectivity index (χ1v) is 8.55. The average Bonchev–Trinajstić information content (AvgIpc) is 2.49. The Hall–Kier alpha value is -2.13. The molecule has 6 N–H and O–H groups in total. The van der Waals surface area contributed by atoms with Gasteiger partial charge in [0, 0.05) is 6.54 Å². The van der Waals surface area contributed by atoms with Crippen LogP contribution in [0.5, 0.6) is 5.75 Å². The number of benzene rings is 1. The van der Waals surface area contributed by atoms with Crippen LogP contribution in [0.1, 0.15) is 32.8 Å². The minimum atomic E-state index is -2.31. The summed E-state index contributed by atoms with van der Waals surface area (Å²) < 4.78 is 27.9. The summed E-state index contributed by atoms with van der Waals surface area (Å²) in [6.07, 6.45) is 0.836. The van der Waals surface area contributed by atoms with Crippen molar-refractivity contribution in [2.24, 2.45) is 11.1 Å². The van der Waals surface area contributed by atoms with Crippen LogP contribution in [0.2, 0.25) is 0 Å². The van der Waals surface area contributed by atoms with E-state index in [1.807, 2.05) is 6.92 Å². The number of nitrogen functional groups attached to an aromatic ring is 1. The monoisotopic (exact) mass is 356 g/mol. The van der Waals surface area contributed by atoms with Gasteiger partial charge in [-0.2, -0.15) is 0 Å². The Kier molecular flexibility index (Phi) is 7.18. The van der Waals surface area contributed by atoms with Gasteiger partial charge in [-0.15, -0.1) is 0 Å². The van der Waals surface area contributed by atoms with Gasteiger partial charge in [-0.05, 0) is 32.4 Å². The minimum Gasteiger partial charge on any atom is -0.492 e. The fraction of sp³-hybridized carbons (Fsp3) is 0.467. The Labute approximate surface area is 144 Å². The lowest BCUT2D eigenvalue weighted by Crippen LogP contribution is -2.41. The predicted molar refractivity (Wildman–Crippen MR) is 94.4 cm³/mol. The number of carbonyl (C=O) groups is 1. The molecule has 1 aromatic rings. The van der Waals surface area contributed by atoms with Crippen LogP contribution in [0, 0.1) is 10.8 Å². The summed E-state index contributed by atoms with van der Waals surface area (Å²) in [5.41, 5.74) is 5.15. The highest BCUT2D eigenvalue weighted by molar-refractivity contribution is 7.80. The summed E-state index contributed by atoms with van der Waals surface area (Å²) in [6, 6.07) is 4.69. The van der Waals surface area contributed by atoms with Gasteiger partial charge in [-0.1, -0.05) is 13.0 Å². The van der Waals surface area contributed by atoms with Crippen LogP contribution >= 0.6 is 0 Å². The maximum Gasteiger partial charge on any atom is 0.259 e. The Balaban J connectivity index is 2.96. The first-order valence-electron chi connectivity index (χ1n) is 7.45. The quantitative estimate of drug-likeness (QED) is 0.259. The summed E-state index contributed by atoms with van der Waals surface area (Å²) in [5, 5.41) is 10.5. The Bertz CT molecular complexity index is 634. The predicted octanol–water partition coefficient (Wildman–Crippen LogP) is 1.45. The van der Waals surface area contributed by atoms with Crippen molar-refractivity contribution in [2.45, 2.75) is 27.2 Å². The maximum absolute atomic E-state index is 12.1. The van der Waals surface area contributed by atoms with E-state index < -0.39 is 16.7 Å². The molecule has 0 bridgehead atoms. The van der Waals surface area contributed by atoms with E-state index >= 15 is 0 Å². The van der Waals surface area contributed by atoms with Crippen molar-refractivity contribution in [3.63, 3.8) is 0 Å². The van der Waals surface area contributed by atoms with E-state index in [-0.39, 0.29) is 35.4 Å². The number of anilines is 1. The molecule has 0 aromatic heterocycles. The van der Waals surface area contributed by atoms with Gasteiger partial charge in [0.15, 0.2) is 0 Å². The third kappa shape index (κ3) is 5.50. The molecule has 1 aromatic carbocycles. The summed E-state index contributed by atoms with van der Waals surface area (Å²) in [5.74, 6) is -0.194. The van der Waals surface area contributed by atoms with E-state index in [1.54, 1.807) is 26.0 Å². The molecule has 8 nitrogen and oxygen atoms in total. The number of ether oxygens (including phenoxy) is 1. The van der Waals surface area contributed by atoms with Gasteiger partial charge >= 0.3 is 0 Å². The van der Waals surface area contributed by atoms with Crippen molar-refractivity contribution in [3.8, 4) is 5.75 Å². The van der Waals surface area contributed by atoms with Crippen molar-refractivity contribution >= 4 is 28.7 Å². The largest absolute Gasteiger partial charge is 0.492 e. The molecule has 0 spiro atoms. The fourth-order valence-corrected chi connectivity index (χ4v) is 2.27. The summed E-state index contributed by atoms with van der Waals surface area (Å²) in [4.78, 5) is 12.1. The molecule has 1 unspecified atom stereocenters. The molecule has 24 heavy (non-hydrogen) atoms. The normalized spacial score (nSPS) is 12.3. The van der Waals surface area contributed by atoms with E-state index in [1.165, 1.54) is 6.07 Å². The molecule has 0 radical (unpaired) electrons. The molecular formula is C15H24N4O4S. The van der Waals surface area contributed by atoms with Crippen molar-refractivity contribution in [3.05, 3.63) is 23.8 Å². The molecule has 0 fully saturated rings. The zero-order chi connectivity index (χ0) is 18.3. The molecule has 1 amide bonds. The SMILES string of the molecule is CCCNC(=O)C(C)(C)COc1cccc(NS(=O)O)c1C(=N)N. The van der Waals surface area contributed by atoms with Crippen LogP contribution in [-0.4, -0.2) is 33.7 Å². The third-order valence-corrected chi connectivity index (χ3v) is 3.63. The van der Waals surface area contributed by atoms with Gasteiger partial charge in [-0.3, -0.25) is 19.5 Å². The lowest BCUT2D eigenvalue weighted by atomic mass is 9.93. The standard InChI is InChI=1S/C15H24N4O4S/c1-4-8-18-14(20)15(2,3)9-23-11-7-5-6-10(19-24(21)22)12(11)13(16)17/h5-7,19H,4,8-9H2,1-3H3,(H3,16,17)(H,18,20)(H,21,22). The average molecular weight is 356 g/mol. The highest BCUT2D eigenvalue weighted by Gasteiger charge is 2.29. The number of carbonyl (C=O) groups excluding carboxylic acids is 1. The van der Waals surface area contributed by atoms with Crippen LogP contribution in [0.15, 0.2) is 18.2 Å². The fourth-order valence-electron chi connectivity index (χ4n) is 1.91. The second-order valence-electron chi connectivity index (χ2n) is 5.87. The number of amidine groups is 1. The molecule has 1 rings (SSSR count). The van der Waals surface area contributed by atoms with Gasteiger partial charge in [0.25, 0.3) is 11.3 Å². The lowest BCUT2D eigenvalue weighted by Gasteiger charge is -2.24. The Morgan fingerprint density at radius 2 is 2.12 bits per heavy atom. The molecule has 0 aliphatic carbocycles. The lowest BCUT2D eigenvalue weighted by molar-refractivity contribution is -0.130. The summed E-state index contributed by atoms with van der Waals surface area (Å²) in [7, 11) is 0. The van der Waals surface area contributed by atoms with Crippen molar-refractivity contribution in [1.29, 1.82) is 5.41 Å². The maximum atomic E-state index is 12.1. The molecule has 9 heteroatoms. The van der Waals surface area contributed by atoms with Crippen molar-refractivity contribution in [2.75, 3.05) is 17.9 Å². The van der Waals surface area contributed by atoms with Gasteiger partial charge in [-0.25, -0.2) is 4.21 Å². The molecule has 1 atom stereocenters. The molecular weight excluding hydrogens is 332 g/mol. The molecule has 0 aliphatic rings. The van der Waals surface area contributed by atoms with E-state index in [4.69, 9.17) is 20.4 Å². The number of rotatable bonds is 9. The topological polar surface area (TPSA) is 138 Å². The van der Waals surface area contributed by atoms with Gasteiger partial charge in [0.05, 0.1) is 16.7 Å². The van der Waals surface area contributed by atoms with Crippen LogP contribution in [0.4, 0.5) is 5.69 Å². The molecule has 134 valence electrons. The molecule has 0 aliphatic heterocycles. The van der Waals surface area contributed by atoms with Gasteiger partial charge in [0.2, 0.25) is 5.91 Å². The Morgan fingerprint density at radius 1 is 1.46 bits per heavy atom. The number of hydrogen-bond donors (Lipinski definition) is 5. The first-order chi connectivity index (χ1) is 11.2. The number of nitrogens with two attached hydrogens (primary N) is 1. The molecule has 0 saturated heterocycles. The van der Waals surface area contributed by atoms with Gasteiger partial charge < -0.3 is 15.8 Å².